The second-order valence-electron chi connectivity index (χ2n) is 5.49. The molecule has 0 saturated carbocycles. The van der Waals surface area contributed by atoms with Gasteiger partial charge in [0.2, 0.25) is 0 Å². The van der Waals surface area contributed by atoms with E-state index in [0.29, 0.717) is 21.2 Å². The Morgan fingerprint density at radius 1 is 1.12 bits per heavy atom. The van der Waals surface area contributed by atoms with E-state index in [-0.39, 0.29) is 23.9 Å². The number of carbonyl (C=O) groups is 1. The number of carbonyl (C=O) groups excluding carboxylic acids is 1. The lowest BCUT2D eigenvalue weighted by Crippen LogP contribution is -2.22. The van der Waals surface area contributed by atoms with Crippen molar-refractivity contribution in [2.75, 3.05) is 0 Å². The van der Waals surface area contributed by atoms with E-state index in [1.165, 1.54) is 12.1 Å². The zero-order valence-corrected chi connectivity index (χ0v) is 15.1. The molecule has 1 N–H and O–H groups in total. The summed E-state index contributed by atoms with van der Waals surface area (Å²) in [6.45, 7) is 0.0516. The molecule has 0 aliphatic heterocycles. The SMILES string of the molecule is O=C(NCc1ccccc1F)c1ccc(C[S@@](=O)c2cccc(Cl)c2)o1. The van der Waals surface area contributed by atoms with Gasteiger partial charge in [0.15, 0.2) is 5.76 Å². The number of halogens is 2. The summed E-state index contributed by atoms with van der Waals surface area (Å²) in [6, 6.07) is 16.1. The molecule has 0 spiro atoms. The Hall–Kier alpha value is -2.44. The van der Waals surface area contributed by atoms with Crippen LogP contribution in [0.3, 0.4) is 0 Å². The van der Waals surface area contributed by atoms with Crippen molar-refractivity contribution in [1.82, 2.24) is 5.32 Å². The molecule has 3 aromatic rings. The van der Waals surface area contributed by atoms with Crippen LogP contribution in [0.4, 0.5) is 4.39 Å². The maximum Gasteiger partial charge on any atom is 0.287 e. The highest BCUT2D eigenvalue weighted by Crippen LogP contribution is 2.18. The molecule has 0 fully saturated rings. The second kappa shape index (κ2) is 8.29. The van der Waals surface area contributed by atoms with Crippen LogP contribution in [0.5, 0.6) is 0 Å². The first-order valence-corrected chi connectivity index (χ1v) is 9.47. The van der Waals surface area contributed by atoms with E-state index in [1.54, 1.807) is 48.5 Å². The van der Waals surface area contributed by atoms with Crippen LogP contribution < -0.4 is 5.32 Å². The first kappa shape index (κ1) is 18.4. The van der Waals surface area contributed by atoms with Crippen molar-refractivity contribution in [3.8, 4) is 0 Å². The van der Waals surface area contributed by atoms with E-state index in [2.05, 4.69) is 5.32 Å². The summed E-state index contributed by atoms with van der Waals surface area (Å²) in [4.78, 5) is 12.7. The minimum absolute atomic E-state index is 0.0516. The molecule has 0 unspecified atom stereocenters. The molecule has 26 heavy (non-hydrogen) atoms. The van der Waals surface area contributed by atoms with Crippen molar-refractivity contribution >= 4 is 28.3 Å². The third kappa shape index (κ3) is 4.59. The highest BCUT2D eigenvalue weighted by atomic mass is 35.5. The molecule has 1 heterocycles. The van der Waals surface area contributed by atoms with Gasteiger partial charge in [-0.25, -0.2) is 4.39 Å². The summed E-state index contributed by atoms with van der Waals surface area (Å²) in [5, 5.41) is 3.10. The molecule has 4 nitrogen and oxygen atoms in total. The van der Waals surface area contributed by atoms with Crippen molar-refractivity contribution in [3.05, 3.63) is 88.6 Å². The number of benzene rings is 2. The highest BCUT2D eigenvalue weighted by Gasteiger charge is 2.14. The molecule has 0 bridgehead atoms. The van der Waals surface area contributed by atoms with Gasteiger partial charge in [-0.1, -0.05) is 35.9 Å². The van der Waals surface area contributed by atoms with E-state index < -0.39 is 16.7 Å². The Morgan fingerprint density at radius 3 is 2.69 bits per heavy atom. The van der Waals surface area contributed by atoms with E-state index >= 15 is 0 Å². The molecule has 3 rings (SSSR count). The molecule has 0 aliphatic rings. The standard InChI is InChI=1S/C19H15ClFNO3S/c20-14-5-3-6-16(10-14)26(24)12-15-8-9-18(25-15)19(23)22-11-13-4-1-2-7-17(13)21/h1-10H,11-12H2,(H,22,23)/t26-/m1/s1. The fourth-order valence-electron chi connectivity index (χ4n) is 2.30. The van der Waals surface area contributed by atoms with Gasteiger partial charge in [-0.05, 0) is 36.4 Å². The molecule has 134 valence electrons. The maximum absolute atomic E-state index is 13.6. The van der Waals surface area contributed by atoms with Gasteiger partial charge < -0.3 is 9.73 Å². The minimum atomic E-state index is -1.34. The normalized spacial score (nSPS) is 11.9. The topological polar surface area (TPSA) is 59.3 Å². The summed E-state index contributed by atoms with van der Waals surface area (Å²) in [5.41, 5.74) is 0.384. The minimum Gasteiger partial charge on any atom is -0.455 e. The Labute approximate surface area is 157 Å². The Balaban J connectivity index is 1.61. The molecule has 1 aromatic heterocycles. The van der Waals surface area contributed by atoms with Crippen LogP contribution in [-0.2, 0) is 23.1 Å². The smallest absolute Gasteiger partial charge is 0.287 e. The Bertz CT molecular complexity index is 957. The summed E-state index contributed by atoms with van der Waals surface area (Å²) in [7, 11) is -1.34. The van der Waals surface area contributed by atoms with Gasteiger partial charge in [-0.15, -0.1) is 0 Å². The van der Waals surface area contributed by atoms with Gasteiger partial charge in [0.25, 0.3) is 5.91 Å². The molecular formula is C19H15ClFNO3S. The molecule has 0 aliphatic carbocycles. The van der Waals surface area contributed by atoms with Crippen LogP contribution in [-0.4, -0.2) is 10.1 Å². The number of hydrogen-bond donors (Lipinski definition) is 1. The highest BCUT2D eigenvalue weighted by molar-refractivity contribution is 7.84. The molecule has 1 amide bonds. The predicted octanol–water partition coefficient (Wildman–Crippen LogP) is 4.31. The number of hydrogen-bond acceptors (Lipinski definition) is 3. The van der Waals surface area contributed by atoms with Gasteiger partial charge in [0, 0.05) is 22.0 Å². The number of nitrogens with one attached hydrogen (secondary N) is 1. The molecule has 0 radical (unpaired) electrons. The summed E-state index contributed by atoms with van der Waals surface area (Å²) < 4.78 is 31.4. The van der Waals surface area contributed by atoms with Crippen molar-refractivity contribution in [2.24, 2.45) is 0 Å². The number of furan rings is 1. The van der Waals surface area contributed by atoms with Crippen LogP contribution in [0.25, 0.3) is 0 Å². The molecule has 7 heteroatoms. The monoisotopic (exact) mass is 391 g/mol. The van der Waals surface area contributed by atoms with Gasteiger partial charge in [0.05, 0.1) is 16.6 Å². The summed E-state index contributed by atoms with van der Waals surface area (Å²) in [6.07, 6.45) is 0. The van der Waals surface area contributed by atoms with Crippen LogP contribution in [0.15, 0.2) is 70.0 Å². The van der Waals surface area contributed by atoms with E-state index in [9.17, 15) is 13.4 Å². The first-order chi connectivity index (χ1) is 12.5. The Kier molecular flexibility index (Phi) is 5.85. The zero-order valence-electron chi connectivity index (χ0n) is 13.6. The van der Waals surface area contributed by atoms with Crippen LogP contribution in [0, 0.1) is 5.82 Å². The fraction of sp³-hybridized carbons (Fsp3) is 0.105. The third-order valence-electron chi connectivity index (χ3n) is 3.62. The van der Waals surface area contributed by atoms with Gasteiger partial charge in [0.1, 0.15) is 11.6 Å². The van der Waals surface area contributed by atoms with Crippen LogP contribution in [0.2, 0.25) is 5.02 Å². The quantitative estimate of drug-likeness (QED) is 0.681. The third-order valence-corrected chi connectivity index (χ3v) is 5.18. The summed E-state index contributed by atoms with van der Waals surface area (Å²) >= 11 is 5.90. The maximum atomic E-state index is 13.6. The molecule has 2 aromatic carbocycles. The zero-order chi connectivity index (χ0) is 18.5. The van der Waals surface area contributed by atoms with Crippen molar-refractivity contribution in [1.29, 1.82) is 0 Å². The average molecular weight is 392 g/mol. The van der Waals surface area contributed by atoms with Crippen LogP contribution >= 0.6 is 11.6 Å². The average Bonchev–Trinajstić information content (AvgIpc) is 3.09. The number of rotatable bonds is 6. The second-order valence-corrected chi connectivity index (χ2v) is 7.37. The van der Waals surface area contributed by atoms with Gasteiger partial charge in [-0.3, -0.25) is 9.00 Å². The largest absolute Gasteiger partial charge is 0.455 e. The lowest BCUT2D eigenvalue weighted by Gasteiger charge is -2.04. The van der Waals surface area contributed by atoms with Gasteiger partial charge in [-0.2, -0.15) is 0 Å². The summed E-state index contributed by atoms with van der Waals surface area (Å²) in [5.74, 6) is -0.224. The van der Waals surface area contributed by atoms with E-state index in [4.69, 9.17) is 16.0 Å². The molecule has 0 saturated heterocycles. The van der Waals surface area contributed by atoms with E-state index in [0.717, 1.165) is 0 Å². The first-order valence-electron chi connectivity index (χ1n) is 7.77. The lowest BCUT2D eigenvalue weighted by atomic mass is 10.2. The van der Waals surface area contributed by atoms with Crippen molar-refractivity contribution in [2.45, 2.75) is 17.2 Å². The molecule has 1 atom stereocenters. The van der Waals surface area contributed by atoms with E-state index in [1.807, 2.05) is 0 Å². The van der Waals surface area contributed by atoms with Crippen molar-refractivity contribution in [3.63, 3.8) is 0 Å². The van der Waals surface area contributed by atoms with Crippen molar-refractivity contribution < 1.29 is 17.8 Å². The number of amides is 1. The Morgan fingerprint density at radius 2 is 1.92 bits per heavy atom. The van der Waals surface area contributed by atoms with Gasteiger partial charge >= 0.3 is 0 Å². The lowest BCUT2D eigenvalue weighted by molar-refractivity contribution is 0.0921. The molecular weight excluding hydrogens is 377 g/mol. The predicted molar refractivity (Wildman–Crippen MR) is 97.8 cm³/mol. The van der Waals surface area contributed by atoms with Crippen LogP contribution in [0.1, 0.15) is 21.9 Å². The fourth-order valence-corrected chi connectivity index (χ4v) is 3.63.